The number of rotatable bonds is 1. The molecule has 0 atom stereocenters. The molecule has 1 heterocycles. The molecule has 1 aliphatic rings. The lowest BCUT2D eigenvalue weighted by Crippen LogP contribution is -2.53. The Morgan fingerprint density at radius 2 is 2.00 bits per heavy atom. The second kappa shape index (κ2) is 3.57. The first kappa shape index (κ1) is 9.05. The van der Waals surface area contributed by atoms with Gasteiger partial charge in [-0.1, -0.05) is 0 Å². The lowest BCUT2D eigenvalue weighted by atomic mass is 10.3. The Balaban J connectivity index is 2.61. The number of amides is 2. The fourth-order valence-corrected chi connectivity index (χ4v) is 1.13. The third-order valence-corrected chi connectivity index (χ3v) is 1.78. The molecular weight excluding hydrogens is 178 g/mol. The lowest BCUT2D eigenvalue weighted by molar-refractivity contribution is -0.134. The van der Waals surface area contributed by atoms with E-state index >= 15 is 0 Å². The predicted molar refractivity (Wildman–Crippen MR) is 46.3 cm³/mol. The van der Waals surface area contributed by atoms with E-state index in [2.05, 4.69) is 17.9 Å². The van der Waals surface area contributed by atoms with Gasteiger partial charge >= 0.3 is 0 Å². The number of amidine groups is 1. The molecule has 6 heteroatoms. The Labute approximate surface area is 75.0 Å². The van der Waals surface area contributed by atoms with Crippen LogP contribution in [-0.4, -0.2) is 41.4 Å². The molecule has 2 amide bonds. The van der Waals surface area contributed by atoms with Crippen LogP contribution < -0.4 is 5.32 Å². The highest BCUT2D eigenvalue weighted by Crippen LogP contribution is 1.96. The molecule has 0 aromatic carbocycles. The number of hydrogen-bond donors (Lipinski definition) is 3. The van der Waals surface area contributed by atoms with E-state index in [9.17, 15) is 9.59 Å². The fourth-order valence-electron chi connectivity index (χ4n) is 0.928. The normalized spacial score (nSPS) is 17.6. The van der Waals surface area contributed by atoms with Crippen molar-refractivity contribution in [3.8, 4) is 0 Å². The summed E-state index contributed by atoms with van der Waals surface area (Å²) >= 11 is 3.88. The van der Waals surface area contributed by atoms with Crippen LogP contribution in [0.15, 0.2) is 0 Å². The van der Waals surface area contributed by atoms with Gasteiger partial charge in [-0.25, -0.2) is 0 Å². The van der Waals surface area contributed by atoms with Crippen LogP contribution in [0.1, 0.15) is 0 Å². The summed E-state index contributed by atoms with van der Waals surface area (Å²) in [6.07, 6.45) is 0. The summed E-state index contributed by atoms with van der Waals surface area (Å²) in [7, 11) is 0. The number of nitrogens with one attached hydrogen (secondary N) is 2. The van der Waals surface area contributed by atoms with Crippen molar-refractivity contribution in [2.75, 3.05) is 18.8 Å². The highest BCUT2D eigenvalue weighted by atomic mass is 32.1. The zero-order valence-corrected chi connectivity index (χ0v) is 7.23. The zero-order chi connectivity index (χ0) is 9.14. The third kappa shape index (κ3) is 1.97. The predicted octanol–water partition coefficient (Wildman–Crippen LogP) is -1.15. The maximum absolute atomic E-state index is 10.8. The maximum atomic E-state index is 10.8. The molecule has 0 aromatic heterocycles. The van der Waals surface area contributed by atoms with E-state index in [1.807, 2.05) is 0 Å². The van der Waals surface area contributed by atoms with Gasteiger partial charge in [-0.05, 0) is 0 Å². The molecule has 2 N–H and O–H groups in total. The van der Waals surface area contributed by atoms with E-state index < -0.39 is 0 Å². The van der Waals surface area contributed by atoms with Crippen molar-refractivity contribution in [2.24, 2.45) is 0 Å². The third-order valence-electron chi connectivity index (χ3n) is 1.48. The number of hydrogen-bond acceptors (Lipinski definition) is 4. The van der Waals surface area contributed by atoms with Gasteiger partial charge in [0.15, 0.2) is 0 Å². The molecule has 0 spiro atoms. The van der Waals surface area contributed by atoms with E-state index in [0.717, 1.165) is 0 Å². The molecule has 0 radical (unpaired) electrons. The van der Waals surface area contributed by atoms with E-state index in [-0.39, 0.29) is 36.5 Å². The Morgan fingerprint density at radius 1 is 1.50 bits per heavy atom. The van der Waals surface area contributed by atoms with E-state index in [1.165, 1.54) is 4.90 Å². The quantitative estimate of drug-likeness (QED) is 0.210. The number of imide groups is 1. The second-order valence-corrected chi connectivity index (χ2v) is 2.75. The van der Waals surface area contributed by atoms with Crippen molar-refractivity contribution in [2.45, 2.75) is 0 Å². The van der Waals surface area contributed by atoms with Gasteiger partial charge in [0.1, 0.15) is 5.84 Å². The smallest absolute Gasteiger partial charge is 0.246 e. The summed E-state index contributed by atoms with van der Waals surface area (Å²) in [5.41, 5.74) is 0. The lowest BCUT2D eigenvalue weighted by Gasteiger charge is -2.26. The minimum Gasteiger partial charge on any atom is -0.341 e. The van der Waals surface area contributed by atoms with Gasteiger partial charge in [0.05, 0.1) is 13.1 Å². The first-order chi connectivity index (χ1) is 5.63. The fraction of sp³-hybridized carbons (Fsp3) is 0.500. The first-order valence-electron chi connectivity index (χ1n) is 3.39. The van der Waals surface area contributed by atoms with Crippen molar-refractivity contribution >= 4 is 30.3 Å². The summed E-state index contributed by atoms with van der Waals surface area (Å²) < 4.78 is 0. The van der Waals surface area contributed by atoms with Gasteiger partial charge in [-0.15, -0.1) is 0 Å². The SMILES string of the molecule is N=C(CS)N1CC(=O)NC(=O)C1. The number of carbonyl (C=O) groups excluding carboxylic acids is 2. The maximum Gasteiger partial charge on any atom is 0.246 e. The van der Waals surface area contributed by atoms with Gasteiger partial charge in [0, 0.05) is 5.75 Å². The van der Waals surface area contributed by atoms with Crippen LogP contribution in [0.4, 0.5) is 0 Å². The van der Waals surface area contributed by atoms with E-state index in [0.29, 0.717) is 0 Å². The van der Waals surface area contributed by atoms with Crippen molar-refractivity contribution in [3.05, 3.63) is 0 Å². The van der Waals surface area contributed by atoms with E-state index in [1.54, 1.807) is 0 Å². The highest BCUT2D eigenvalue weighted by molar-refractivity contribution is 7.81. The summed E-state index contributed by atoms with van der Waals surface area (Å²) in [5, 5.41) is 9.48. The second-order valence-electron chi connectivity index (χ2n) is 2.43. The Morgan fingerprint density at radius 3 is 2.42 bits per heavy atom. The van der Waals surface area contributed by atoms with Crippen LogP contribution in [0.2, 0.25) is 0 Å². The van der Waals surface area contributed by atoms with Crippen molar-refractivity contribution in [1.82, 2.24) is 10.2 Å². The van der Waals surface area contributed by atoms with Crippen molar-refractivity contribution in [1.29, 1.82) is 5.41 Å². The monoisotopic (exact) mass is 187 g/mol. The Bertz CT molecular complexity index is 225. The van der Waals surface area contributed by atoms with Crippen LogP contribution in [0, 0.1) is 5.41 Å². The molecule has 0 aliphatic carbocycles. The van der Waals surface area contributed by atoms with Crippen LogP contribution in [0.5, 0.6) is 0 Å². The molecule has 0 saturated carbocycles. The van der Waals surface area contributed by atoms with Gasteiger partial charge in [-0.3, -0.25) is 20.3 Å². The average Bonchev–Trinajstić information content (AvgIpc) is 2.01. The van der Waals surface area contributed by atoms with Crippen LogP contribution >= 0.6 is 12.6 Å². The first-order valence-corrected chi connectivity index (χ1v) is 4.02. The van der Waals surface area contributed by atoms with Gasteiger partial charge in [-0.2, -0.15) is 12.6 Å². The highest BCUT2D eigenvalue weighted by Gasteiger charge is 2.23. The zero-order valence-electron chi connectivity index (χ0n) is 6.33. The molecule has 0 bridgehead atoms. The Hall–Kier alpha value is -1.04. The minimum absolute atomic E-state index is 0.0745. The molecule has 5 nitrogen and oxygen atoms in total. The molecule has 1 aliphatic heterocycles. The van der Waals surface area contributed by atoms with Crippen molar-refractivity contribution < 1.29 is 9.59 Å². The van der Waals surface area contributed by atoms with Gasteiger partial charge < -0.3 is 4.90 Å². The minimum atomic E-state index is -0.363. The molecule has 1 fully saturated rings. The summed E-state index contributed by atoms with van der Waals surface area (Å²) in [5.74, 6) is -0.294. The van der Waals surface area contributed by atoms with Gasteiger partial charge in [0.25, 0.3) is 0 Å². The Kier molecular flexibility index (Phi) is 2.69. The molecule has 0 aromatic rings. The summed E-state index contributed by atoms with van der Waals surface area (Å²) in [6, 6.07) is 0. The van der Waals surface area contributed by atoms with Gasteiger partial charge in [0.2, 0.25) is 11.8 Å². The summed E-state index contributed by atoms with van der Waals surface area (Å²) in [4.78, 5) is 23.0. The standard InChI is InChI=1S/C6H9N3O2S/c7-4(3-12)9-1-5(10)8-6(11)2-9/h7,12H,1-3H2,(H,8,10,11). The molecule has 1 saturated heterocycles. The average molecular weight is 187 g/mol. The van der Waals surface area contributed by atoms with Crippen molar-refractivity contribution in [3.63, 3.8) is 0 Å². The number of nitrogens with zero attached hydrogens (tertiary/aromatic N) is 1. The molecule has 1 rings (SSSR count). The summed E-state index contributed by atoms with van der Waals surface area (Å²) in [6.45, 7) is 0.149. The molecule has 0 unspecified atom stereocenters. The van der Waals surface area contributed by atoms with Crippen LogP contribution in [-0.2, 0) is 9.59 Å². The topological polar surface area (TPSA) is 73.3 Å². The van der Waals surface area contributed by atoms with Crippen LogP contribution in [0.3, 0.4) is 0 Å². The molecular formula is C6H9N3O2S. The number of piperazine rings is 1. The molecule has 66 valence electrons. The molecule has 12 heavy (non-hydrogen) atoms. The van der Waals surface area contributed by atoms with Crippen LogP contribution in [0.25, 0.3) is 0 Å². The largest absolute Gasteiger partial charge is 0.341 e. The number of carbonyl (C=O) groups is 2. The number of thiol groups is 1. The van der Waals surface area contributed by atoms with E-state index in [4.69, 9.17) is 5.41 Å².